The van der Waals surface area contributed by atoms with Crippen LogP contribution < -0.4 is 0 Å². The van der Waals surface area contributed by atoms with E-state index in [9.17, 15) is 13.6 Å². The number of carbonyl (C=O) groups excluding carboxylic acids is 1. The molecule has 1 nitrogen and oxygen atoms in total. The van der Waals surface area contributed by atoms with Crippen LogP contribution in [-0.2, 0) is 4.79 Å². The Kier molecular flexibility index (Phi) is 6.26. The lowest BCUT2D eigenvalue weighted by atomic mass is 10.2. The SMILES string of the molecule is CCCCCC#CC(=O)C(F)F. The van der Waals surface area contributed by atoms with Crippen molar-refractivity contribution in [2.45, 2.75) is 39.0 Å². The quantitative estimate of drug-likeness (QED) is 0.363. The van der Waals surface area contributed by atoms with E-state index < -0.39 is 12.2 Å². The number of halogens is 2. The third kappa shape index (κ3) is 5.84. The molecule has 0 bridgehead atoms. The van der Waals surface area contributed by atoms with Crippen molar-refractivity contribution in [3.8, 4) is 11.8 Å². The van der Waals surface area contributed by atoms with Gasteiger partial charge in [-0.1, -0.05) is 25.7 Å². The second-order valence-corrected chi connectivity index (χ2v) is 2.42. The molecule has 0 aromatic heterocycles. The molecule has 0 unspecified atom stereocenters. The molecule has 0 aliphatic carbocycles. The Hall–Kier alpha value is -0.910. The summed E-state index contributed by atoms with van der Waals surface area (Å²) in [5.74, 6) is 3.05. The molecule has 0 amide bonds. The van der Waals surface area contributed by atoms with E-state index in [0.29, 0.717) is 6.42 Å². The summed E-state index contributed by atoms with van der Waals surface area (Å²) >= 11 is 0. The minimum Gasteiger partial charge on any atom is -0.278 e. The van der Waals surface area contributed by atoms with Crippen LogP contribution in [0.25, 0.3) is 0 Å². The van der Waals surface area contributed by atoms with Gasteiger partial charge in [0.25, 0.3) is 5.78 Å². The van der Waals surface area contributed by atoms with E-state index in [0.717, 1.165) is 19.3 Å². The molecule has 0 atom stereocenters. The maximum Gasteiger partial charge on any atom is 0.308 e. The number of unbranched alkanes of at least 4 members (excludes halogenated alkanes) is 3. The normalized spacial score (nSPS) is 9.33. The predicted octanol–water partition coefficient (Wildman–Crippen LogP) is 2.40. The van der Waals surface area contributed by atoms with Gasteiger partial charge in [0.15, 0.2) is 0 Å². The minimum atomic E-state index is -2.94. The maximum atomic E-state index is 11.6. The summed E-state index contributed by atoms with van der Waals surface area (Å²) in [5, 5.41) is 0. The van der Waals surface area contributed by atoms with Crippen LogP contribution in [0.15, 0.2) is 0 Å². The van der Waals surface area contributed by atoms with Gasteiger partial charge in [-0.05, 0) is 12.3 Å². The highest BCUT2D eigenvalue weighted by atomic mass is 19.3. The highest BCUT2D eigenvalue weighted by molar-refractivity contribution is 5.97. The highest BCUT2D eigenvalue weighted by Crippen LogP contribution is 1.97. The van der Waals surface area contributed by atoms with Crippen LogP contribution in [0.3, 0.4) is 0 Å². The molecule has 68 valence electrons. The molecule has 0 aliphatic rings. The van der Waals surface area contributed by atoms with Crippen LogP contribution in [0.2, 0.25) is 0 Å². The topological polar surface area (TPSA) is 17.1 Å². The number of hydrogen-bond acceptors (Lipinski definition) is 1. The van der Waals surface area contributed by atoms with Gasteiger partial charge in [-0.15, -0.1) is 0 Å². The molecule has 0 spiro atoms. The van der Waals surface area contributed by atoms with Crippen molar-refractivity contribution in [1.82, 2.24) is 0 Å². The summed E-state index contributed by atoms with van der Waals surface area (Å²) in [6, 6.07) is 0. The van der Waals surface area contributed by atoms with Gasteiger partial charge in [-0.2, -0.15) is 0 Å². The van der Waals surface area contributed by atoms with Crippen LogP contribution in [0.4, 0.5) is 8.78 Å². The fraction of sp³-hybridized carbons (Fsp3) is 0.667. The minimum absolute atomic E-state index is 0.534. The summed E-state index contributed by atoms with van der Waals surface area (Å²) < 4.78 is 23.1. The van der Waals surface area contributed by atoms with Gasteiger partial charge in [-0.25, -0.2) is 8.78 Å². The molecular weight excluding hydrogens is 162 g/mol. The Balaban J connectivity index is 3.52. The summed E-state index contributed by atoms with van der Waals surface area (Å²) in [4.78, 5) is 10.3. The molecule has 12 heavy (non-hydrogen) atoms. The Morgan fingerprint density at radius 2 is 2.08 bits per heavy atom. The van der Waals surface area contributed by atoms with E-state index in [1.54, 1.807) is 0 Å². The maximum absolute atomic E-state index is 11.6. The van der Waals surface area contributed by atoms with Crippen LogP contribution in [-0.4, -0.2) is 12.2 Å². The summed E-state index contributed by atoms with van der Waals surface area (Å²) in [6.07, 6.45) is 0.553. The molecule has 0 heterocycles. The van der Waals surface area contributed by atoms with Gasteiger partial charge in [0, 0.05) is 6.42 Å². The summed E-state index contributed by atoms with van der Waals surface area (Å²) in [5.41, 5.74) is 0. The van der Waals surface area contributed by atoms with E-state index in [4.69, 9.17) is 0 Å². The van der Waals surface area contributed by atoms with E-state index in [1.807, 2.05) is 12.8 Å². The standard InChI is InChI=1S/C9H12F2O/c1-2-3-4-5-6-7-8(12)9(10)11/h9H,2-5H2,1H3. The van der Waals surface area contributed by atoms with Crippen molar-refractivity contribution in [1.29, 1.82) is 0 Å². The van der Waals surface area contributed by atoms with Crippen LogP contribution >= 0.6 is 0 Å². The summed E-state index contributed by atoms with van der Waals surface area (Å²) in [7, 11) is 0. The third-order valence-electron chi connectivity index (χ3n) is 1.32. The first-order valence-electron chi connectivity index (χ1n) is 3.99. The predicted molar refractivity (Wildman–Crippen MR) is 42.9 cm³/mol. The van der Waals surface area contributed by atoms with E-state index in [1.165, 1.54) is 0 Å². The smallest absolute Gasteiger partial charge is 0.278 e. The average molecular weight is 174 g/mol. The molecule has 0 aliphatic heterocycles. The lowest BCUT2D eigenvalue weighted by Crippen LogP contribution is -2.05. The first-order valence-corrected chi connectivity index (χ1v) is 3.99. The molecular formula is C9H12F2O. The number of rotatable bonds is 4. The third-order valence-corrected chi connectivity index (χ3v) is 1.32. The number of hydrogen-bond donors (Lipinski definition) is 0. The zero-order valence-corrected chi connectivity index (χ0v) is 7.07. The largest absolute Gasteiger partial charge is 0.308 e. The van der Waals surface area contributed by atoms with Crippen LogP contribution in [0.5, 0.6) is 0 Å². The second-order valence-electron chi connectivity index (χ2n) is 2.42. The van der Waals surface area contributed by atoms with Crippen LogP contribution in [0, 0.1) is 11.8 Å². The number of Topliss-reactive ketones (excluding diaryl/α,β-unsaturated/α-hetero) is 1. The molecule has 3 heteroatoms. The molecule has 0 aromatic carbocycles. The zero-order valence-electron chi connectivity index (χ0n) is 7.07. The van der Waals surface area contributed by atoms with Crippen molar-refractivity contribution in [3.05, 3.63) is 0 Å². The number of carbonyl (C=O) groups is 1. The van der Waals surface area contributed by atoms with E-state index in [-0.39, 0.29) is 0 Å². The molecule has 0 saturated heterocycles. The highest BCUT2D eigenvalue weighted by Gasteiger charge is 2.10. The zero-order chi connectivity index (χ0) is 9.40. The van der Waals surface area contributed by atoms with Crippen molar-refractivity contribution >= 4 is 5.78 Å². The first-order chi connectivity index (χ1) is 5.68. The van der Waals surface area contributed by atoms with Gasteiger partial charge in [0.05, 0.1) is 0 Å². The van der Waals surface area contributed by atoms with E-state index >= 15 is 0 Å². The number of ketones is 1. The van der Waals surface area contributed by atoms with Crippen LogP contribution in [0.1, 0.15) is 32.6 Å². The molecule has 0 fully saturated rings. The second kappa shape index (κ2) is 6.78. The van der Waals surface area contributed by atoms with Gasteiger partial charge < -0.3 is 0 Å². The van der Waals surface area contributed by atoms with Crippen molar-refractivity contribution in [2.24, 2.45) is 0 Å². The Labute approximate surface area is 71.2 Å². The Bertz CT molecular complexity index is 188. The van der Waals surface area contributed by atoms with Crippen molar-refractivity contribution < 1.29 is 13.6 Å². The lowest BCUT2D eigenvalue weighted by molar-refractivity contribution is -0.123. The van der Waals surface area contributed by atoms with Gasteiger partial charge in [0.2, 0.25) is 0 Å². The van der Waals surface area contributed by atoms with Gasteiger partial charge in [-0.3, -0.25) is 4.79 Å². The average Bonchev–Trinajstić information content (AvgIpc) is 2.03. The Morgan fingerprint density at radius 3 is 2.58 bits per heavy atom. The molecule has 0 aromatic rings. The monoisotopic (exact) mass is 174 g/mol. The first kappa shape index (κ1) is 11.1. The fourth-order valence-corrected chi connectivity index (χ4v) is 0.668. The van der Waals surface area contributed by atoms with Gasteiger partial charge >= 0.3 is 6.43 Å². The van der Waals surface area contributed by atoms with E-state index in [2.05, 4.69) is 5.92 Å². The van der Waals surface area contributed by atoms with Crippen molar-refractivity contribution in [3.63, 3.8) is 0 Å². The number of alkyl halides is 2. The molecule has 0 saturated carbocycles. The molecule has 0 radical (unpaired) electrons. The molecule has 0 N–H and O–H groups in total. The lowest BCUT2D eigenvalue weighted by Gasteiger charge is -1.88. The summed E-state index contributed by atoms with van der Waals surface area (Å²) in [6.45, 7) is 2.04. The van der Waals surface area contributed by atoms with Crippen molar-refractivity contribution in [2.75, 3.05) is 0 Å². The Morgan fingerprint density at radius 1 is 1.42 bits per heavy atom. The van der Waals surface area contributed by atoms with Gasteiger partial charge in [0.1, 0.15) is 0 Å². The fourth-order valence-electron chi connectivity index (χ4n) is 0.668. The molecule has 0 rings (SSSR count).